The van der Waals surface area contributed by atoms with Gasteiger partial charge >= 0.3 is 12.1 Å². The molecule has 1 aliphatic rings. The van der Waals surface area contributed by atoms with Crippen LogP contribution in [0.3, 0.4) is 0 Å². The molecule has 2 aromatic rings. The Kier molecular flexibility index (Phi) is 9.44. The molecule has 3 N–H and O–H groups in total. The minimum Gasteiger partial charge on any atom is -0.480 e. The lowest BCUT2D eigenvalue weighted by molar-refractivity contribution is -0.144. The lowest BCUT2D eigenvalue weighted by Gasteiger charge is -2.30. The Hall–Kier alpha value is -3.88. The van der Waals surface area contributed by atoms with Crippen molar-refractivity contribution in [2.75, 3.05) is 6.54 Å². The van der Waals surface area contributed by atoms with E-state index in [9.17, 15) is 24.3 Å². The SMILES string of the molecule is CC(C)[C@H](NC(=O)OCc1ccccc1)C(=O)N1CCC[C@H]1C(=O)N[C@@H](Cc1ccccc1)C(=O)O. The quantitative estimate of drug-likeness (QED) is 0.466. The van der Waals surface area contributed by atoms with Gasteiger partial charge in [0.05, 0.1) is 0 Å². The summed E-state index contributed by atoms with van der Waals surface area (Å²) in [4.78, 5) is 52.1. The van der Waals surface area contributed by atoms with Crippen molar-refractivity contribution in [1.29, 1.82) is 0 Å². The molecule has 0 aromatic heterocycles. The largest absolute Gasteiger partial charge is 0.480 e. The van der Waals surface area contributed by atoms with Gasteiger partial charge in [-0.2, -0.15) is 0 Å². The van der Waals surface area contributed by atoms with Crippen LogP contribution in [0.2, 0.25) is 0 Å². The van der Waals surface area contributed by atoms with Gasteiger partial charge in [0.2, 0.25) is 11.8 Å². The van der Waals surface area contributed by atoms with E-state index in [1.165, 1.54) is 4.90 Å². The number of nitrogens with zero attached hydrogens (tertiary/aromatic N) is 1. The Bertz CT molecular complexity index is 1040. The molecule has 0 radical (unpaired) electrons. The zero-order chi connectivity index (χ0) is 26.1. The van der Waals surface area contributed by atoms with Gasteiger partial charge in [-0.05, 0) is 29.9 Å². The number of carbonyl (C=O) groups excluding carboxylic acids is 3. The van der Waals surface area contributed by atoms with Crippen molar-refractivity contribution in [1.82, 2.24) is 15.5 Å². The number of amides is 3. The number of alkyl carbamates (subject to hydrolysis) is 1. The smallest absolute Gasteiger partial charge is 0.408 e. The highest BCUT2D eigenvalue weighted by Crippen LogP contribution is 2.21. The van der Waals surface area contributed by atoms with E-state index in [1.807, 2.05) is 36.4 Å². The molecule has 3 amide bonds. The second-order valence-electron chi connectivity index (χ2n) is 9.21. The standard InChI is InChI=1S/C27H33N3O6/c1-18(2)23(29-27(35)36-17-20-12-7-4-8-13-20)25(32)30-15-9-14-22(30)24(31)28-21(26(33)34)16-19-10-5-3-6-11-19/h3-8,10-13,18,21-23H,9,14-17H2,1-2H3,(H,28,31)(H,29,35)(H,33,34)/t21-,22-,23-/m0/s1. The normalized spacial score (nSPS) is 16.8. The lowest BCUT2D eigenvalue weighted by atomic mass is 10.0. The fraction of sp³-hybridized carbons (Fsp3) is 0.407. The van der Waals surface area contributed by atoms with Crippen molar-refractivity contribution in [2.24, 2.45) is 5.92 Å². The summed E-state index contributed by atoms with van der Waals surface area (Å²) in [5, 5.41) is 14.9. The van der Waals surface area contributed by atoms with Crippen molar-refractivity contribution in [3.63, 3.8) is 0 Å². The van der Waals surface area contributed by atoms with Crippen molar-refractivity contribution >= 4 is 23.9 Å². The predicted octanol–water partition coefficient (Wildman–Crippen LogP) is 2.74. The molecule has 36 heavy (non-hydrogen) atoms. The minimum atomic E-state index is -1.15. The molecule has 0 bridgehead atoms. The van der Waals surface area contributed by atoms with E-state index in [4.69, 9.17) is 4.74 Å². The summed E-state index contributed by atoms with van der Waals surface area (Å²) in [6.07, 6.45) is 0.425. The van der Waals surface area contributed by atoms with Crippen LogP contribution >= 0.6 is 0 Å². The van der Waals surface area contributed by atoms with E-state index in [2.05, 4.69) is 10.6 Å². The van der Waals surface area contributed by atoms with Crippen molar-refractivity contribution in [2.45, 2.75) is 57.8 Å². The second-order valence-corrected chi connectivity index (χ2v) is 9.21. The molecule has 9 nitrogen and oxygen atoms in total. The van der Waals surface area contributed by atoms with E-state index < -0.39 is 42.0 Å². The number of rotatable bonds is 10. The maximum Gasteiger partial charge on any atom is 0.408 e. The number of likely N-dealkylation sites (tertiary alicyclic amines) is 1. The molecular weight excluding hydrogens is 462 g/mol. The molecule has 1 heterocycles. The molecule has 0 unspecified atom stereocenters. The summed E-state index contributed by atoms with van der Waals surface area (Å²) in [6.45, 7) is 4.01. The summed E-state index contributed by atoms with van der Waals surface area (Å²) in [7, 11) is 0. The summed E-state index contributed by atoms with van der Waals surface area (Å²) in [5.74, 6) is -2.31. The fourth-order valence-corrected chi connectivity index (χ4v) is 4.20. The maximum absolute atomic E-state index is 13.4. The van der Waals surface area contributed by atoms with Crippen molar-refractivity contribution in [3.8, 4) is 0 Å². The summed E-state index contributed by atoms with van der Waals surface area (Å²) < 4.78 is 5.27. The maximum atomic E-state index is 13.4. The highest BCUT2D eigenvalue weighted by molar-refractivity contribution is 5.93. The van der Waals surface area contributed by atoms with E-state index in [0.717, 1.165) is 11.1 Å². The molecule has 1 fully saturated rings. The van der Waals surface area contributed by atoms with Crippen LogP contribution in [0.25, 0.3) is 0 Å². The average Bonchev–Trinajstić information content (AvgIpc) is 3.36. The first-order valence-corrected chi connectivity index (χ1v) is 12.1. The molecule has 0 saturated carbocycles. The summed E-state index contributed by atoms with van der Waals surface area (Å²) >= 11 is 0. The van der Waals surface area contributed by atoms with Gasteiger partial charge in [-0.15, -0.1) is 0 Å². The highest BCUT2D eigenvalue weighted by Gasteiger charge is 2.39. The number of hydrogen-bond donors (Lipinski definition) is 3. The minimum absolute atomic E-state index is 0.0679. The number of carboxylic acid groups (broad SMARTS) is 1. The van der Waals surface area contributed by atoms with Crippen LogP contribution in [0.5, 0.6) is 0 Å². The Morgan fingerprint density at radius 3 is 2.17 bits per heavy atom. The predicted molar refractivity (Wildman–Crippen MR) is 133 cm³/mol. The molecule has 3 atom stereocenters. The van der Waals surface area contributed by atoms with Gasteiger partial charge in [0.1, 0.15) is 24.7 Å². The van der Waals surface area contributed by atoms with Crippen LogP contribution in [0, 0.1) is 5.92 Å². The van der Waals surface area contributed by atoms with Gasteiger partial charge in [-0.3, -0.25) is 9.59 Å². The number of carboxylic acids is 1. The first kappa shape index (κ1) is 26.7. The first-order chi connectivity index (χ1) is 17.3. The monoisotopic (exact) mass is 495 g/mol. The fourth-order valence-electron chi connectivity index (χ4n) is 4.20. The van der Waals surface area contributed by atoms with Gasteiger partial charge < -0.3 is 25.4 Å². The van der Waals surface area contributed by atoms with Gasteiger partial charge in [0.25, 0.3) is 0 Å². The molecule has 9 heteroatoms. The lowest BCUT2D eigenvalue weighted by Crippen LogP contribution is -2.56. The van der Waals surface area contributed by atoms with Gasteiger partial charge in [0, 0.05) is 13.0 Å². The Balaban J connectivity index is 1.62. The molecular formula is C27H33N3O6. The third-order valence-electron chi connectivity index (χ3n) is 6.15. The number of nitrogens with one attached hydrogen (secondary N) is 2. The van der Waals surface area contributed by atoms with E-state index >= 15 is 0 Å². The van der Waals surface area contributed by atoms with Crippen LogP contribution in [0.4, 0.5) is 4.79 Å². The average molecular weight is 496 g/mol. The molecule has 0 aliphatic carbocycles. The molecule has 192 valence electrons. The van der Waals surface area contributed by atoms with Gasteiger partial charge in [0.15, 0.2) is 0 Å². The number of benzene rings is 2. The van der Waals surface area contributed by atoms with Gasteiger partial charge in [-0.25, -0.2) is 9.59 Å². The topological polar surface area (TPSA) is 125 Å². The molecule has 0 spiro atoms. The Labute approximate surface area is 210 Å². The van der Waals surface area contributed by atoms with Crippen LogP contribution < -0.4 is 10.6 Å². The summed E-state index contributed by atoms with van der Waals surface area (Å²) in [6, 6.07) is 15.4. The van der Waals surface area contributed by atoms with Gasteiger partial charge in [-0.1, -0.05) is 74.5 Å². The number of hydrogen-bond acceptors (Lipinski definition) is 5. The van der Waals surface area contributed by atoms with E-state index in [1.54, 1.807) is 38.1 Å². The highest BCUT2D eigenvalue weighted by atomic mass is 16.5. The third-order valence-corrected chi connectivity index (χ3v) is 6.15. The third kappa shape index (κ3) is 7.31. The summed E-state index contributed by atoms with van der Waals surface area (Å²) in [5.41, 5.74) is 1.60. The first-order valence-electron chi connectivity index (χ1n) is 12.1. The Morgan fingerprint density at radius 2 is 1.58 bits per heavy atom. The zero-order valence-corrected chi connectivity index (χ0v) is 20.6. The van der Waals surface area contributed by atoms with Crippen molar-refractivity contribution in [3.05, 3.63) is 71.8 Å². The second kappa shape index (κ2) is 12.7. The van der Waals surface area contributed by atoms with Crippen molar-refractivity contribution < 1.29 is 29.0 Å². The number of carbonyl (C=O) groups is 4. The zero-order valence-electron chi connectivity index (χ0n) is 20.6. The van der Waals surface area contributed by atoms with Crippen LogP contribution in [-0.2, 0) is 32.1 Å². The van der Waals surface area contributed by atoms with Crippen LogP contribution in [0.1, 0.15) is 37.8 Å². The van der Waals surface area contributed by atoms with Crippen LogP contribution in [0.15, 0.2) is 60.7 Å². The molecule has 2 aromatic carbocycles. The number of ether oxygens (including phenoxy) is 1. The molecule has 3 rings (SSSR count). The molecule has 1 saturated heterocycles. The number of aliphatic carboxylic acids is 1. The Morgan fingerprint density at radius 1 is 0.972 bits per heavy atom. The van der Waals surface area contributed by atoms with Crippen LogP contribution in [-0.4, -0.2) is 58.6 Å². The van der Waals surface area contributed by atoms with E-state index in [0.29, 0.717) is 19.4 Å². The van der Waals surface area contributed by atoms with E-state index in [-0.39, 0.29) is 18.9 Å². The molecule has 1 aliphatic heterocycles.